The molecule has 0 aliphatic rings. The van der Waals surface area contributed by atoms with Crippen LogP contribution in [0.4, 0.5) is 0 Å². The third-order valence-electron chi connectivity index (χ3n) is 2.26. The molecule has 0 bridgehead atoms. The smallest absolute Gasteiger partial charge is 0.0901 e. The molecule has 1 heteroatoms. The molecule has 0 saturated carbocycles. The summed E-state index contributed by atoms with van der Waals surface area (Å²) in [6.45, 7) is 4.40. The lowest BCUT2D eigenvalue weighted by molar-refractivity contribution is 0.403. The molecule has 17 heavy (non-hydrogen) atoms. The van der Waals surface area contributed by atoms with E-state index in [2.05, 4.69) is 26.0 Å². The van der Waals surface area contributed by atoms with E-state index in [0.717, 1.165) is 12.8 Å². The van der Waals surface area contributed by atoms with Crippen LogP contribution < -0.4 is 0 Å². The van der Waals surface area contributed by atoms with Gasteiger partial charge < -0.3 is 4.74 Å². The highest BCUT2D eigenvalue weighted by molar-refractivity contribution is 5.02. The van der Waals surface area contributed by atoms with Crippen LogP contribution >= 0.6 is 0 Å². The maximum atomic E-state index is 5.18. The third kappa shape index (κ3) is 14.8. The van der Waals surface area contributed by atoms with Gasteiger partial charge in [0.2, 0.25) is 0 Å². The van der Waals surface area contributed by atoms with Crippen molar-refractivity contribution in [3.05, 3.63) is 49.0 Å². The van der Waals surface area contributed by atoms with Crippen LogP contribution in [-0.2, 0) is 4.74 Å². The van der Waals surface area contributed by atoms with E-state index in [-0.39, 0.29) is 0 Å². The molecule has 96 valence electrons. The van der Waals surface area contributed by atoms with Gasteiger partial charge in [0, 0.05) is 0 Å². The minimum absolute atomic E-state index is 1.15. The highest BCUT2D eigenvalue weighted by Gasteiger charge is 1.76. The molecule has 1 nitrogen and oxygen atoms in total. The van der Waals surface area contributed by atoms with Crippen molar-refractivity contribution in [3.63, 3.8) is 0 Å². The van der Waals surface area contributed by atoms with Gasteiger partial charge in [-0.25, -0.2) is 0 Å². The van der Waals surface area contributed by atoms with Crippen molar-refractivity contribution in [1.82, 2.24) is 0 Å². The lowest BCUT2D eigenvalue weighted by atomic mass is 10.2. The molecule has 0 saturated heterocycles. The first-order valence-electron chi connectivity index (χ1n) is 6.70. The first kappa shape index (κ1) is 15.8. The summed E-state index contributed by atoms with van der Waals surface area (Å²) in [6, 6.07) is 0. The number of ether oxygens (including phenoxy) is 1. The molecule has 0 fully saturated rings. The Morgan fingerprint density at radius 1 is 0.706 bits per heavy atom. The van der Waals surface area contributed by atoms with Crippen molar-refractivity contribution in [3.8, 4) is 0 Å². The fourth-order valence-electron chi connectivity index (χ4n) is 1.22. The maximum absolute atomic E-state index is 5.18. The number of allylic oxidation sites excluding steroid dienone is 6. The van der Waals surface area contributed by atoms with Crippen LogP contribution in [0.1, 0.15) is 52.4 Å². The van der Waals surface area contributed by atoms with Gasteiger partial charge in [-0.3, -0.25) is 0 Å². The highest BCUT2D eigenvalue weighted by atomic mass is 16.5. The first-order valence-corrected chi connectivity index (χ1v) is 6.70. The molecular weight excluding hydrogens is 208 g/mol. The van der Waals surface area contributed by atoms with Gasteiger partial charge in [-0.2, -0.15) is 0 Å². The Labute approximate surface area is 107 Å². The zero-order valence-corrected chi connectivity index (χ0v) is 11.3. The van der Waals surface area contributed by atoms with Gasteiger partial charge in [-0.1, -0.05) is 63.8 Å². The molecule has 0 unspecified atom stereocenters. The molecule has 0 aromatic rings. The molecule has 0 aliphatic carbocycles. The minimum Gasteiger partial charge on any atom is -0.473 e. The Kier molecular flexibility index (Phi) is 13.7. The van der Waals surface area contributed by atoms with Gasteiger partial charge in [-0.15, -0.1) is 0 Å². The van der Waals surface area contributed by atoms with E-state index in [4.69, 9.17) is 4.74 Å². The van der Waals surface area contributed by atoms with Crippen LogP contribution in [0.3, 0.4) is 0 Å². The van der Waals surface area contributed by atoms with Gasteiger partial charge in [0.25, 0.3) is 0 Å². The SMILES string of the molecule is CCCC/C=C/C=C/O/C=C/C=C/CCCC. The summed E-state index contributed by atoms with van der Waals surface area (Å²) < 4.78 is 5.18. The molecule has 0 radical (unpaired) electrons. The Balaban J connectivity index is 3.42. The van der Waals surface area contributed by atoms with E-state index in [1.165, 1.54) is 25.7 Å². The van der Waals surface area contributed by atoms with Crippen molar-refractivity contribution in [2.24, 2.45) is 0 Å². The van der Waals surface area contributed by atoms with Crippen molar-refractivity contribution in [1.29, 1.82) is 0 Å². The summed E-state index contributed by atoms with van der Waals surface area (Å²) in [5.41, 5.74) is 0. The molecule has 0 heterocycles. The molecular formula is C16H26O. The summed E-state index contributed by atoms with van der Waals surface area (Å²) in [4.78, 5) is 0. The maximum Gasteiger partial charge on any atom is 0.0901 e. The Morgan fingerprint density at radius 2 is 1.18 bits per heavy atom. The van der Waals surface area contributed by atoms with Crippen molar-refractivity contribution in [2.75, 3.05) is 0 Å². The summed E-state index contributed by atoms with van der Waals surface area (Å²) in [6.07, 6.45) is 22.9. The van der Waals surface area contributed by atoms with E-state index in [1.54, 1.807) is 12.5 Å². The van der Waals surface area contributed by atoms with Gasteiger partial charge in [0.05, 0.1) is 12.5 Å². The van der Waals surface area contributed by atoms with Crippen molar-refractivity contribution in [2.45, 2.75) is 52.4 Å². The van der Waals surface area contributed by atoms with E-state index in [0.29, 0.717) is 0 Å². The third-order valence-corrected chi connectivity index (χ3v) is 2.26. The molecule has 0 atom stereocenters. The summed E-state index contributed by atoms with van der Waals surface area (Å²) >= 11 is 0. The van der Waals surface area contributed by atoms with Crippen molar-refractivity contribution >= 4 is 0 Å². The topological polar surface area (TPSA) is 9.23 Å². The van der Waals surface area contributed by atoms with Crippen molar-refractivity contribution < 1.29 is 4.74 Å². The lowest BCUT2D eigenvalue weighted by Gasteiger charge is -1.88. The second kappa shape index (κ2) is 14.8. The van der Waals surface area contributed by atoms with Crippen LogP contribution in [0.25, 0.3) is 0 Å². The standard InChI is InChI=1S/C16H26O/c1-3-5-7-9-11-13-15-17-16-14-12-10-8-6-4-2/h9-16H,3-8H2,1-2H3/b11-9+,12-10+,15-13+,16-14+. The van der Waals surface area contributed by atoms with Crippen LogP contribution in [0.15, 0.2) is 49.0 Å². The Morgan fingerprint density at radius 3 is 1.59 bits per heavy atom. The predicted octanol–water partition coefficient (Wildman–Crippen LogP) is 5.52. The van der Waals surface area contributed by atoms with E-state index in [9.17, 15) is 0 Å². The zero-order valence-electron chi connectivity index (χ0n) is 11.3. The molecule has 0 N–H and O–H groups in total. The first-order chi connectivity index (χ1) is 8.41. The van der Waals surface area contributed by atoms with Gasteiger partial charge in [-0.05, 0) is 25.0 Å². The Hall–Kier alpha value is -1.24. The normalized spacial score (nSPS) is 12.6. The summed E-state index contributed by atoms with van der Waals surface area (Å²) in [7, 11) is 0. The number of hydrogen-bond donors (Lipinski definition) is 0. The number of rotatable bonds is 10. The average molecular weight is 234 g/mol. The number of unbranched alkanes of at least 4 members (excludes halogenated alkanes) is 4. The summed E-state index contributed by atoms with van der Waals surface area (Å²) in [5.74, 6) is 0. The monoisotopic (exact) mass is 234 g/mol. The van der Waals surface area contributed by atoms with Gasteiger partial charge in [0.15, 0.2) is 0 Å². The summed E-state index contributed by atoms with van der Waals surface area (Å²) in [5, 5.41) is 0. The molecule has 0 aromatic heterocycles. The van der Waals surface area contributed by atoms with E-state index in [1.807, 2.05) is 24.3 Å². The molecule has 0 rings (SSSR count). The van der Waals surface area contributed by atoms with E-state index >= 15 is 0 Å². The fourth-order valence-corrected chi connectivity index (χ4v) is 1.22. The van der Waals surface area contributed by atoms with Crippen LogP contribution in [0.5, 0.6) is 0 Å². The molecule has 0 aliphatic heterocycles. The minimum atomic E-state index is 1.15. The molecule has 0 spiro atoms. The lowest BCUT2D eigenvalue weighted by Crippen LogP contribution is -1.67. The fraction of sp³-hybridized carbons (Fsp3) is 0.500. The molecule has 0 amide bonds. The van der Waals surface area contributed by atoms with Gasteiger partial charge >= 0.3 is 0 Å². The quantitative estimate of drug-likeness (QED) is 0.274. The van der Waals surface area contributed by atoms with Crippen LogP contribution in [0.2, 0.25) is 0 Å². The number of hydrogen-bond acceptors (Lipinski definition) is 1. The zero-order chi connectivity index (χ0) is 12.6. The van der Waals surface area contributed by atoms with Crippen LogP contribution in [0, 0.1) is 0 Å². The second-order valence-corrected chi connectivity index (χ2v) is 3.93. The van der Waals surface area contributed by atoms with Crippen LogP contribution in [-0.4, -0.2) is 0 Å². The van der Waals surface area contributed by atoms with Gasteiger partial charge in [0.1, 0.15) is 0 Å². The Bertz CT molecular complexity index is 220. The predicted molar refractivity (Wildman–Crippen MR) is 76.7 cm³/mol. The average Bonchev–Trinajstić information content (AvgIpc) is 2.35. The van der Waals surface area contributed by atoms with E-state index < -0.39 is 0 Å². The largest absolute Gasteiger partial charge is 0.473 e. The highest BCUT2D eigenvalue weighted by Crippen LogP contribution is 1.96. The second-order valence-electron chi connectivity index (χ2n) is 3.93. The molecule has 0 aromatic carbocycles.